The van der Waals surface area contributed by atoms with Crippen molar-refractivity contribution in [3.63, 3.8) is 0 Å². The first kappa shape index (κ1) is 20.8. The van der Waals surface area contributed by atoms with Crippen molar-refractivity contribution in [1.29, 1.82) is 0 Å². The molecule has 0 heterocycles. The lowest BCUT2D eigenvalue weighted by atomic mass is 10.1. The molecule has 0 spiro atoms. The number of phenolic OH excluding ortho intramolecular Hbond substituents is 2. The number of phenols is 2. The molecule has 0 atom stereocenters. The fourth-order valence-corrected chi connectivity index (χ4v) is 2.47. The van der Waals surface area contributed by atoms with E-state index in [9.17, 15) is 19.8 Å². The maximum absolute atomic E-state index is 11.9. The molecular formula is C22H22O6. The molecule has 0 saturated heterocycles. The van der Waals surface area contributed by atoms with E-state index in [1.165, 1.54) is 32.4 Å². The number of hydrogen-bond donors (Lipinski definition) is 2. The van der Waals surface area contributed by atoms with Crippen LogP contribution in [0.25, 0.3) is 6.08 Å². The normalized spacial score (nSPS) is 11.1. The second-order valence-corrected chi connectivity index (χ2v) is 5.99. The summed E-state index contributed by atoms with van der Waals surface area (Å²) in [5.41, 5.74) is 1.49. The molecule has 0 fully saturated rings. The van der Waals surface area contributed by atoms with Gasteiger partial charge >= 0.3 is 0 Å². The molecule has 2 aromatic carbocycles. The molecule has 0 aromatic heterocycles. The number of ketones is 2. The summed E-state index contributed by atoms with van der Waals surface area (Å²) in [7, 11) is 2.91. The first-order valence-electron chi connectivity index (χ1n) is 8.56. The van der Waals surface area contributed by atoms with Crippen LogP contribution in [0.1, 0.15) is 17.5 Å². The van der Waals surface area contributed by atoms with Gasteiger partial charge in [0.05, 0.1) is 20.6 Å². The van der Waals surface area contributed by atoms with E-state index in [0.717, 1.165) is 5.56 Å². The highest BCUT2D eigenvalue weighted by Crippen LogP contribution is 2.27. The van der Waals surface area contributed by atoms with Crippen LogP contribution < -0.4 is 9.47 Å². The molecule has 146 valence electrons. The number of aromatic hydroxyl groups is 2. The third kappa shape index (κ3) is 6.02. The van der Waals surface area contributed by atoms with Crippen LogP contribution in [-0.2, 0) is 16.0 Å². The Morgan fingerprint density at radius 2 is 1.61 bits per heavy atom. The molecule has 2 aromatic rings. The van der Waals surface area contributed by atoms with Crippen molar-refractivity contribution in [2.75, 3.05) is 14.2 Å². The van der Waals surface area contributed by atoms with E-state index in [4.69, 9.17) is 9.47 Å². The molecule has 0 aliphatic carbocycles. The highest BCUT2D eigenvalue weighted by molar-refractivity contribution is 6.09. The molecule has 0 amide bonds. The van der Waals surface area contributed by atoms with Crippen LogP contribution >= 0.6 is 0 Å². The third-order valence-electron chi connectivity index (χ3n) is 3.91. The van der Waals surface area contributed by atoms with Crippen molar-refractivity contribution in [2.24, 2.45) is 0 Å². The maximum Gasteiger partial charge on any atom is 0.163 e. The van der Waals surface area contributed by atoms with Crippen molar-refractivity contribution >= 4 is 17.6 Å². The smallest absolute Gasteiger partial charge is 0.163 e. The van der Waals surface area contributed by atoms with Crippen LogP contribution in [0.3, 0.4) is 0 Å². The fraction of sp³-hybridized carbons (Fsp3) is 0.182. The van der Waals surface area contributed by atoms with Crippen LogP contribution in [0, 0.1) is 0 Å². The second kappa shape index (κ2) is 9.97. The van der Waals surface area contributed by atoms with Gasteiger partial charge in [0.15, 0.2) is 34.6 Å². The van der Waals surface area contributed by atoms with E-state index < -0.39 is 0 Å². The second-order valence-electron chi connectivity index (χ2n) is 5.99. The van der Waals surface area contributed by atoms with Gasteiger partial charge in [-0.05, 0) is 54.0 Å². The van der Waals surface area contributed by atoms with Gasteiger partial charge in [-0.3, -0.25) is 9.59 Å². The summed E-state index contributed by atoms with van der Waals surface area (Å²) in [5.74, 6) is 0.0902. The number of methoxy groups -OCH3 is 2. The van der Waals surface area contributed by atoms with Crippen molar-refractivity contribution in [3.8, 4) is 23.0 Å². The summed E-state index contributed by atoms with van der Waals surface area (Å²) in [6.45, 7) is 0. The van der Waals surface area contributed by atoms with Gasteiger partial charge in [-0.2, -0.15) is 0 Å². The Balaban J connectivity index is 1.87. The van der Waals surface area contributed by atoms with E-state index in [1.54, 1.807) is 42.5 Å². The zero-order valence-corrected chi connectivity index (χ0v) is 15.7. The van der Waals surface area contributed by atoms with Crippen molar-refractivity contribution in [1.82, 2.24) is 0 Å². The molecular weight excluding hydrogens is 360 g/mol. The molecule has 6 heteroatoms. The van der Waals surface area contributed by atoms with Crippen molar-refractivity contribution in [3.05, 3.63) is 65.8 Å². The average molecular weight is 382 g/mol. The number of allylic oxidation sites excluding steroid dienone is 3. The largest absolute Gasteiger partial charge is 0.504 e. The molecule has 0 aliphatic rings. The zero-order valence-electron chi connectivity index (χ0n) is 15.7. The molecule has 6 nitrogen and oxygen atoms in total. The number of benzene rings is 2. The Kier molecular flexibility index (Phi) is 7.39. The summed E-state index contributed by atoms with van der Waals surface area (Å²) in [5, 5.41) is 19.3. The standard InChI is InChI=1S/C22H22O6/c1-27-21-11-8-15(12-20(21)26)4-3-5-17(23)14-18(24)9-6-16-7-10-19(25)22(13-16)28-2/h3,5-13,25-26H,4,14H2,1-2H3/b5-3+,9-6+. The lowest BCUT2D eigenvalue weighted by Gasteiger charge is -2.04. The Hall–Kier alpha value is -3.54. The van der Waals surface area contributed by atoms with Crippen LogP contribution in [0.5, 0.6) is 23.0 Å². The Labute approximate surface area is 163 Å². The zero-order chi connectivity index (χ0) is 20.5. The minimum Gasteiger partial charge on any atom is -0.504 e. The average Bonchev–Trinajstić information content (AvgIpc) is 2.67. The predicted molar refractivity (Wildman–Crippen MR) is 106 cm³/mol. The van der Waals surface area contributed by atoms with E-state index in [2.05, 4.69) is 0 Å². The third-order valence-corrected chi connectivity index (χ3v) is 3.91. The molecule has 0 saturated carbocycles. The first-order valence-corrected chi connectivity index (χ1v) is 8.56. The van der Waals surface area contributed by atoms with Gasteiger partial charge in [0, 0.05) is 0 Å². The van der Waals surface area contributed by atoms with Crippen molar-refractivity contribution < 1.29 is 29.3 Å². The predicted octanol–water partition coefficient (Wildman–Crippen LogP) is 3.46. The van der Waals surface area contributed by atoms with Gasteiger partial charge in [0.1, 0.15) is 0 Å². The minimum atomic E-state index is -0.330. The molecule has 0 unspecified atom stereocenters. The summed E-state index contributed by atoms with van der Waals surface area (Å²) in [4.78, 5) is 23.8. The number of rotatable bonds is 9. The number of ether oxygens (including phenoxy) is 2. The van der Waals surface area contributed by atoms with Crippen LogP contribution in [0.2, 0.25) is 0 Å². The number of carbonyl (C=O) groups excluding carboxylic acids is 2. The highest BCUT2D eigenvalue weighted by atomic mass is 16.5. The van der Waals surface area contributed by atoms with Gasteiger partial charge in [-0.15, -0.1) is 0 Å². The monoisotopic (exact) mass is 382 g/mol. The Bertz CT molecular complexity index is 911. The van der Waals surface area contributed by atoms with Gasteiger partial charge in [0.25, 0.3) is 0 Å². The van der Waals surface area contributed by atoms with Crippen LogP contribution in [-0.4, -0.2) is 36.0 Å². The summed E-state index contributed by atoms with van der Waals surface area (Å²) in [6.07, 6.45) is 6.08. The summed E-state index contributed by atoms with van der Waals surface area (Å²) in [6, 6.07) is 9.68. The topological polar surface area (TPSA) is 93.1 Å². The molecule has 2 rings (SSSR count). The van der Waals surface area contributed by atoms with Gasteiger partial charge in [0.2, 0.25) is 0 Å². The lowest BCUT2D eigenvalue weighted by Crippen LogP contribution is -2.02. The molecule has 2 N–H and O–H groups in total. The van der Waals surface area contributed by atoms with Crippen LogP contribution in [0.15, 0.2) is 54.6 Å². The number of hydrogen-bond acceptors (Lipinski definition) is 6. The summed E-state index contributed by atoms with van der Waals surface area (Å²) < 4.78 is 9.98. The quantitative estimate of drug-likeness (QED) is 0.510. The van der Waals surface area contributed by atoms with E-state index >= 15 is 0 Å². The van der Waals surface area contributed by atoms with E-state index in [1.807, 2.05) is 0 Å². The van der Waals surface area contributed by atoms with Crippen molar-refractivity contribution in [2.45, 2.75) is 12.8 Å². The Morgan fingerprint density at radius 3 is 2.29 bits per heavy atom. The maximum atomic E-state index is 11.9. The minimum absolute atomic E-state index is 0.0106. The summed E-state index contributed by atoms with van der Waals surface area (Å²) >= 11 is 0. The highest BCUT2D eigenvalue weighted by Gasteiger charge is 2.05. The first-order chi connectivity index (χ1) is 13.4. The fourth-order valence-electron chi connectivity index (χ4n) is 2.47. The van der Waals surface area contributed by atoms with Gasteiger partial charge < -0.3 is 19.7 Å². The molecule has 0 radical (unpaired) electrons. The van der Waals surface area contributed by atoms with Crippen LogP contribution in [0.4, 0.5) is 0 Å². The van der Waals surface area contributed by atoms with E-state index in [-0.39, 0.29) is 29.5 Å². The van der Waals surface area contributed by atoms with Gasteiger partial charge in [-0.25, -0.2) is 0 Å². The Morgan fingerprint density at radius 1 is 0.893 bits per heavy atom. The molecule has 0 bridgehead atoms. The molecule has 0 aliphatic heterocycles. The molecule has 28 heavy (non-hydrogen) atoms. The number of carbonyl (C=O) groups is 2. The lowest BCUT2D eigenvalue weighted by molar-refractivity contribution is -0.121. The SMILES string of the molecule is COc1ccc(C/C=C/C(=O)CC(=O)/C=C/c2ccc(O)c(OC)c2)cc1O. The van der Waals surface area contributed by atoms with Gasteiger partial charge in [-0.1, -0.05) is 24.3 Å². The van der Waals surface area contributed by atoms with E-state index in [0.29, 0.717) is 23.5 Å².